The molecular weight excluding hydrogens is 787 g/mol. The molecule has 0 bridgehead atoms. The van der Waals surface area contributed by atoms with Crippen LogP contribution in [0.25, 0.3) is 21.8 Å². The molecule has 0 aliphatic carbocycles. The Bertz CT molecular complexity index is 1880. The van der Waals surface area contributed by atoms with E-state index in [9.17, 15) is 45.2 Å². The third-order valence-corrected chi connectivity index (χ3v) is 10.7. The Morgan fingerprint density at radius 3 is 1.42 bits per heavy atom. The zero-order valence-corrected chi connectivity index (χ0v) is 29.3. The number of aromatic nitrogens is 2. The fourth-order valence-corrected chi connectivity index (χ4v) is 7.92. The summed E-state index contributed by atoms with van der Waals surface area (Å²) in [6.07, 6.45) is -10.8. The highest BCUT2D eigenvalue weighted by Crippen LogP contribution is 2.45. The number of rotatable bonds is 7. The molecule has 1 unspecified atom stereocenters. The summed E-state index contributed by atoms with van der Waals surface area (Å²) < 4.78 is 31.0. The third-order valence-electron chi connectivity index (χ3n) is 9.76. The van der Waals surface area contributed by atoms with Crippen molar-refractivity contribution in [1.82, 2.24) is 9.13 Å². The van der Waals surface area contributed by atoms with Gasteiger partial charge in [-0.25, -0.2) is 4.39 Å². The van der Waals surface area contributed by atoms with E-state index in [2.05, 4.69) is 31.9 Å². The summed E-state index contributed by atoms with van der Waals surface area (Å²) in [5.41, 5.74) is 3.15. The molecule has 0 saturated carbocycles. The molecule has 50 heavy (non-hydrogen) atoms. The van der Waals surface area contributed by atoms with Crippen LogP contribution < -0.4 is 0 Å². The van der Waals surface area contributed by atoms with Gasteiger partial charge < -0.3 is 59.5 Å². The topological polar surface area (TPSA) is 190 Å². The predicted octanol–water partition coefficient (Wildman–Crippen LogP) is 2.39. The number of nitrogens with zero attached hydrogens (tertiary/aromatic N) is 2. The van der Waals surface area contributed by atoms with E-state index in [1.54, 1.807) is 57.9 Å². The first-order valence-electron chi connectivity index (χ1n) is 15.9. The molecule has 2 aliphatic rings. The number of halogens is 3. The second kappa shape index (κ2) is 14.0. The van der Waals surface area contributed by atoms with Crippen molar-refractivity contribution in [2.24, 2.45) is 0 Å². The molecule has 0 radical (unpaired) electrons. The molecule has 0 spiro atoms. The summed E-state index contributed by atoms with van der Waals surface area (Å²) in [6.45, 7) is -1.22. The van der Waals surface area contributed by atoms with Gasteiger partial charge in [-0.2, -0.15) is 0 Å². The average molecular weight is 822 g/mol. The molecule has 8 N–H and O–H groups in total. The molecule has 15 heteroatoms. The van der Waals surface area contributed by atoms with Crippen LogP contribution in [0.1, 0.15) is 35.1 Å². The van der Waals surface area contributed by atoms with Crippen LogP contribution in [-0.4, -0.2) is 112 Å². The molecule has 5 aromatic rings. The minimum atomic E-state index is -1.62. The standard InChI is InChI=1S/C35H35Br2FN2O10/c36-16-3-7-23-19(9-16)21(11-39(23)34-32(47)30(45)28(43)25(13-41)49-34)27(15-1-5-18(38)6-2-15)22-12-40(24-8-4-17(37)10-20(22)24)35-33(48)31(46)29(44)26(14-42)50-35/h1-12,25-35,41-48H,13-14H2/t25-,26+,27?,28-,29+,30-,31+,32-,33+,34-,35+. The van der Waals surface area contributed by atoms with Crippen molar-refractivity contribution in [2.45, 2.75) is 67.2 Å². The van der Waals surface area contributed by atoms with Crippen molar-refractivity contribution in [1.29, 1.82) is 0 Å². The maximum Gasteiger partial charge on any atom is 0.163 e. The van der Waals surface area contributed by atoms with Crippen LogP contribution in [-0.2, 0) is 9.47 Å². The minimum absolute atomic E-state index is 0.453. The molecule has 4 heterocycles. The molecule has 0 amide bonds. The van der Waals surface area contributed by atoms with Crippen molar-refractivity contribution in [3.8, 4) is 0 Å². The van der Waals surface area contributed by atoms with E-state index in [1.807, 2.05) is 12.1 Å². The summed E-state index contributed by atoms with van der Waals surface area (Å²) in [6, 6.07) is 16.9. The third kappa shape index (κ3) is 6.02. The van der Waals surface area contributed by atoms with E-state index in [-0.39, 0.29) is 0 Å². The van der Waals surface area contributed by atoms with E-state index in [0.29, 0.717) is 38.5 Å². The Kier molecular flexibility index (Phi) is 9.97. The molecule has 11 atom stereocenters. The Balaban J connectivity index is 1.47. The Morgan fingerprint density at radius 1 is 0.600 bits per heavy atom. The van der Waals surface area contributed by atoms with Crippen LogP contribution in [0.4, 0.5) is 4.39 Å². The highest BCUT2D eigenvalue weighted by atomic mass is 79.9. The number of fused-ring (bicyclic) bond motifs is 2. The van der Waals surface area contributed by atoms with Gasteiger partial charge in [0.25, 0.3) is 0 Å². The molecule has 2 aromatic heterocycles. The van der Waals surface area contributed by atoms with Crippen molar-refractivity contribution in [2.75, 3.05) is 13.2 Å². The molecule has 2 fully saturated rings. The monoisotopic (exact) mass is 820 g/mol. The maximum atomic E-state index is 14.4. The lowest BCUT2D eigenvalue weighted by molar-refractivity contribution is -0.250. The number of ether oxygens (including phenoxy) is 2. The predicted molar refractivity (Wildman–Crippen MR) is 185 cm³/mol. The van der Waals surface area contributed by atoms with E-state index in [0.717, 1.165) is 8.95 Å². The lowest BCUT2D eigenvalue weighted by Gasteiger charge is -2.40. The van der Waals surface area contributed by atoms with Gasteiger partial charge in [-0.3, -0.25) is 0 Å². The van der Waals surface area contributed by atoms with E-state index >= 15 is 0 Å². The van der Waals surface area contributed by atoms with Gasteiger partial charge in [0.2, 0.25) is 0 Å². The van der Waals surface area contributed by atoms with Crippen LogP contribution in [0.2, 0.25) is 0 Å². The largest absolute Gasteiger partial charge is 0.394 e. The molecular formula is C35H35Br2FN2O10. The summed E-state index contributed by atoms with van der Waals surface area (Å²) in [5, 5.41) is 85.8. The molecule has 12 nitrogen and oxygen atoms in total. The van der Waals surface area contributed by atoms with Crippen LogP contribution >= 0.6 is 31.9 Å². The van der Waals surface area contributed by atoms with Gasteiger partial charge in [0.15, 0.2) is 12.5 Å². The molecule has 266 valence electrons. The van der Waals surface area contributed by atoms with Gasteiger partial charge in [-0.05, 0) is 65.2 Å². The van der Waals surface area contributed by atoms with Crippen molar-refractivity contribution in [3.05, 3.63) is 105 Å². The summed E-state index contributed by atoms with van der Waals surface area (Å²) >= 11 is 7.13. The van der Waals surface area contributed by atoms with Crippen molar-refractivity contribution < 1.29 is 54.7 Å². The molecule has 3 aromatic carbocycles. The molecule has 2 aliphatic heterocycles. The number of hydrogen-bond acceptors (Lipinski definition) is 10. The Morgan fingerprint density at radius 2 is 1.02 bits per heavy atom. The van der Waals surface area contributed by atoms with Crippen LogP contribution in [0.5, 0.6) is 0 Å². The number of benzene rings is 3. The molecule has 2 saturated heterocycles. The minimum Gasteiger partial charge on any atom is -0.394 e. The zero-order valence-electron chi connectivity index (χ0n) is 26.1. The lowest BCUT2D eigenvalue weighted by atomic mass is 9.85. The summed E-state index contributed by atoms with van der Waals surface area (Å²) in [7, 11) is 0. The SMILES string of the molecule is OC[C@@H]1O[C@H](n2cc(C(c3ccc(F)cc3)c3cn([C@@H]4O[C@H](CO)[C@@H](O)[C@@H](O)[C@H]4O)c4ccc(Br)cc34)c3cc(Br)ccc32)[C@@H](O)[C@@H](O)[C@H]1O. The van der Waals surface area contributed by atoms with Crippen LogP contribution in [0.15, 0.2) is 82.0 Å². The van der Waals surface area contributed by atoms with E-state index < -0.39 is 86.2 Å². The van der Waals surface area contributed by atoms with Crippen molar-refractivity contribution in [3.63, 3.8) is 0 Å². The number of aliphatic hydroxyl groups is 8. The average Bonchev–Trinajstić information content (AvgIpc) is 3.65. The van der Waals surface area contributed by atoms with Gasteiger partial charge in [0, 0.05) is 38.0 Å². The first-order chi connectivity index (χ1) is 23.9. The van der Waals surface area contributed by atoms with Gasteiger partial charge in [-0.15, -0.1) is 0 Å². The Labute approximate surface area is 301 Å². The van der Waals surface area contributed by atoms with Gasteiger partial charge >= 0.3 is 0 Å². The van der Waals surface area contributed by atoms with Crippen molar-refractivity contribution >= 4 is 53.7 Å². The first kappa shape index (κ1) is 35.6. The quantitative estimate of drug-likeness (QED) is 0.121. The summed E-state index contributed by atoms with van der Waals surface area (Å²) in [5.74, 6) is -1.12. The fraction of sp³-hybridized carbons (Fsp3) is 0.371. The van der Waals surface area contributed by atoms with Gasteiger partial charge in [-0.1, -0.05) is 44.0 Å². The first-order valence-corrected chi connectivity index (χ1v) is 17.5. The normalized spacial score (nSPS) is 31.0. The Hall–Kier alpha value is -2.77. The molecule has 7 rings (SSSR count). The summed E-state index contributed by atoms with van der Waals surface area (Å²) in [4.78, 5) is 0. The zero-order chi connectivity index (χ0) is 35.6. The van der Waals surface area contributed by atoms with Gasteiger partial charge in [0.05, 0.1) is 24.2 Å². The second-order valence-corrected chi connectivity index (χ2v) is 14.6. The van der Waals surface area contributed by atoms with E-state index in [4.69, 9.17) is 9.47 Å². The van der Waals surface area contributed by atoms with Crippen LogP contribution in [0, 0.1) is 5.82 Å². The number of hydrogen-bond donors (Lipinski definition) is 8. The fourth-order valence-electron chi connectivity index (χ4n) is 7.19. The highest BCUT2D eigenvalue weighted by Gasteiger charge is 2.46. The maximum absolute atomic E-state index is 14.4. The van der Waals surface area contributed by atoms with Gasteiger partial charge in [0.1, 0.15) is 54.6 Å². The number of aliphatic hydroxyl groups excluding tert-OH is 8. The van der Waals surface area contributed by atoms with E-state index in [1.165, 1.54) is 12.1 Å². The smallest absolute Gasteiger partial charge is 0.163 e. The van der Waals surface area contributed by atoms with Crippen LogP contribution in [0.3, 0.4) is 0 Å². The highest BCUT2D eigenvalue weighted by molar-refractivity contribution is 9.10. The lowest BCUT2D eigenvalue weighted by Crippen LogP contribution is -2.56. The second-order valence-electron chi connectivity index (χ2n) is 12.7.